The van der Waals surface area contributed by atoms with E-state index >= 15 is 9.13 Å². The van der Waals surface area contributed by atoms with Gasteiger partial charge in [-0.1, -0.05) is 121 Å². The average Bonchev–Trinajstić information content (AvgIpc) is 3.55. The lowest BCUT2D eigenvalue weighted by atomic mass is 10.1. The molecule has 1 unspecified atom stereocenters. The van der Waals surface area contributed by atoms with Gasteiger partial charge in [0.25, 0.3) is 0 Å². The maximum Gasteiger partial charge on any atom is 0.171 e. The second-order valence-corrected chi connectivity index (χ2v) is 18.2. The molecule has 0 bridgehead atoms. The number of rotatable bonds is 7. The molecule has 6 heteroatoms. The summed E-state index contributed by atoms with van der Waals surface area (Å²) in [6, 6.07) is 60.0. The number of fused-ring (bicyclic) bond motifs is 4. The molecule has 4 nitrogen and oxygen atoms in total. The molecule has 0 amide bonds. The van der Waals surface area contributed by atoms with Crippen molar-refractivity contribution in [2.75, 3.05) is 0 Å². The van der Waals surface area contributed by atoms with Crippen molar-refractivity contribution in [2.45, 2.75) is 0 Å². The average molecular weight is 695 g/mol. The standard InChI is InChI=1S/C45H32N2O2P2/c48-50(36-12-4-1-5-13-36,37-14-6-2-7-15-37)39-24-21-35(22-25-39)47-44-19-11-10-18-42(44)43-31-41(26-27-45(43)47)51(49,38-16-8-3-9-17-38)40-23-20-33-28-29-46-32-34(33)30-40/h1-32H. The van der Waals surface area contributed by atoms with Crippen LogP contribution in [0.2, 0.25) is 0 Å². The van der Waals surface area contributed by atoms with Gasteiger partial charge < -0.3 is 13.7 Å². The van der Waals surface area contributed by atoms with Gasteiger partial charge in [-0.15, -0.1) is 0 Å². The topological polar surface area (TPSA) is 52.0 Å². The normalized spacial score (nSPS) is 13.0. The fraction of sp³-hybridized carbons (Fsp3) is 0. The highest BCUT2D eigenvalue weighted by Crippen LogP contribution is 2.45. The molecule has 0 radical (unpaired) electrons. The van der Waals surface area contributed by atoms with Crippen LogP contribution >= 0.6 is 14.3 Å². The third-order valence-electron chi connectivity index (χ3n) is 9.84. The number of aromatic nitrogens is 2. The summed E-state index contributed by atoms with van der Waals surface area (Å²) >= 11 is 0. The van der Waals surface area contributed by atoms with Crippen molar-refractivity contribution in [2.24, 2.45) is 0 Å². The molecule has 0 aliphatic rings. The number of hydrogen-bond acceptors (Lipinski definition) is 3. The molecule has 0 aliphatic heterocycles. The predicted octanol–water partition coefficient (Wildman–Crippen LogP) is 8.61. The van der Waals surface area contributed by atoms with Crippen LogP contribution in [0.5, 0.6) is 0 Å². The van der Waals surface area contributed by atoms with Crippen molar-refractivity contribution < 1.29 is 9.13 Å². The summed E-state index contributed by atoms with van der Waals surface area (Å²) < 4.78 is 32.9. The summed E-state index contributed by atoms with van der Waals surface area (Å²) in [6.45, 7) is 0. The van der Waals surface area contributed by atoms with Crippen molar-refractivity contribution in [3.8, 4) is 5.69 Å². The third kappa shape index (κ3) is 5.11. The zero-order chi connectivity index (χ0) is 34.4. The fourth-order valence-corrected chi connectivity index (χ4v) is 12.7. The molecule has 2 heterocycles. The lowest BCUT2D eigenvalue weighted by Gasteiger charge is -2.21. The molecule has 244 valence electrons. The van der Waals surface area contributed by atoms with Crippen LogP contribution in [0, 0.1) is 0 Å². The first kappa shape index (κ1) is 31.2. The van der Waals surface area contributed by atoms with E-state index in [1.54, 1.807) is 6.20 Å². The monoisotopic (exact) mass is 694 g/mol. The van der Waals surface area contributed by atoms with Gasteiger partial charge in [0, 0.05) is 66.1 Å². The molecular weight excluding hydrogens is 662 g/mol. The van der Waals surface area contributed by atoms with Gasteiger partial charge in [0.05, 0.1) is 11.0 Å². The van der Waals surface area contributed by atoms with Gasteiger partial charge in [-0.2, -0.15) is 0 Å². The Hall–Kier alpha value is -5.79. The lowest BCUT2D eigenvalue weighted by molar-refractivity contribution is 0.591. The molecular formula is C45H32N2O2P2. The van der Waals surface area contributed by atoms with E-state index in [9.17, 15) is 0 Å². The molecule has 0 N–H and O–H groups in total. The first-order valence-corrected chi connectivity index (χ1v) is 20.3. The zero-order valence-electron chi connectivity index (χ0n) is 27.6. The zero-order valence-corrected chi connectivity index (χ0v) is 29.4. The molecule has 0 saturated heterocycles. The summed E-state index contributed by atoms with van der Waals surface area (Å²) in [7, 11) is -6.39. The van der Waals surface area contributed by atoms with Crippen LogP contribution in [-0.2, 0) is 9.13 Å². The molecule has 2 aromatic heterocycles. The predicted molar refractivity (Wildman–Crippen MR) is 215 cm³/mol. The maximum absolute atomic E-state index is 15.6. The number of nitrogens with zero attached hydrogens (tertiary/aromatic N) is 2. The minimum absolute atomic E-state index is 0.772. The summed E-state index contributed by atoms with van der Waals surface area (Å²) in [6.07, 6.45) is 3.61. The molecule has 0 spiro atoms. The van der Waals surface area contributed by atoms with Gasteiger partial charge >= 0.3 is 0 Å². The Morgan fingerprint density at radius 1 is 0.392 bits per heavy atom. The van der Waals surface area contributed by atoms with Crippen LogP contribution in [0.3, 0.4) is 0 Å². The molecule has 0 fully saturated rings. The van der Waals surface area contributed by atoms with Gasteiger partial charge in [0.1, 0.15) is 0 Å². The van der Waals surface area contributed by atoms with Crippen molar-refractivity contribution >= 4 is 78.7 Å². The van der Waals surface area contributed by atoms with Gasteiger partial charge in [0.15, 0.2) is 14.3 Å². The van der Waals surface area contributed by atoms with Crippen LogP contribution < -0.4 is 31.8 Å². The molecule has 1 atom stereocenters. The highest BCUT2D eigenvalue weighted by molar-refractivity contribution is 7.85. The van der Waals surface area contributed by atoms with Crippen LogP contribution in [-0.4, -0.2) is 9.55 Å². The Morgan fingerprint density at radius 2 is 0.882 bits per heavy atom. The van der Waals surface area contributed by atoms with E-state index in [0.29, 0.717) is 0 Å². The number of hydrogen-bond donors (Lipinski definition) is 0. The smallest absolute Gasteiger partial charge is 0.171 e. The maximum atomic E-state index is 15.6. The number of para-hydroxylation sites is 1. The fourth-order valence-electron chi connectivity index (χ4n) is 7.32. The molecule has 9 aromatic rings. The molecule has 0 aliphatic carbocycles. The molecule has 7 aromatic carbocycles. The van der Waals surface area contributed by atoms with Crippen LogP contribution in [0.1, 0.15) is 0 Å². The summed E-state index contributed by atoms with van der Waals surface area (Å²) in [5, 5.41) is 8.82. The Labute approximate surface area is 296 Å². The van der Waals surface area contributed by atoms with E-state index in [1.165, 1.54) is 0 Å². The molecule has 0 saturated carbocycles. The lowest BCUT2D eigenvalue weighted by Crippen LogP contribution is -2.25. The van der Waals surface area contributed by atoms with Gasteiger partial charge in [0.2, 0.25) is 0 Å². The summed E-state index contributed by atoms with van der Waals surface area (Å²) in [5.74, 6) is 0. The second kappa shape index (κ2) is 12.5. The van der Waals surface area contributed by atoms with Crippen LogP contribution in [0.25, 0.3) is 38.3 Å². The van der Waals surface area contributed by atoms with Crippen LogP contribution in [0.4, 0.5) is 0 Å². The van der Waals surface area contributed by atoms with Crippen molar-refractivity contribution in [3.05, 3.63) is 194 Å². The van der Waals surface area contributed by atoms with Crippen molar-refractivity contribution in [1.29, 1.82) is 0 Å². The van der Waals surface area contributed by atoms with E-state index in [4.69, 9.17) is 0 Å². The van der Waals surface area contributed by atoms with Crippen LogP contribution in [0.15, 0.2) is 194 Å². The van der Waals surface area contributed by atoms with Crippen molar-refractivity contribution in [3.63, 3.8) is 0 Å². The largest absolute Gasteiger partial charge is 0.309 e. The SMILES string of the molecule is O=P(c1ccccc1)(c1ccccc1)c1ccc(-n2c3ccccc3c3cc(P(=O)(c4ccccc4)c4ccc5ccncc5c4)ccc32)cc1. The van der Waals surface area contributed by atoms with E-state index in [1.807, 2.05) is 152 Å². The highest BCUT2D eigenvalue weighted by atomic mass is 31.2. The highest BCUT2D eigenvalue weighted by Gasteiger charge is 2.32. The second-order valence-electron chi connectivity index (χ2n) is 12.7. The number of pyridine rings is 1. The Balaban J connectivity index is 1.21. The minimum atomic E-state index is -3.28. The minimum Gasteiger partial charge on any atom is -0.309 e. The summed E-state index contributed by atoms with van der Waals surface area (Å²) in [4.78, 5) is 4.33. The van der Waals surface area contributed by atoms with Gasteiger partial charge in [-0.25, -0.2) is 0 Å². The Bertz CT molecular complexity index is 2750. The Morgan fingerprint density at radius 3 is 1.53 bits per heavy atom. The Kier molecular flexibility index (Phi) is 7.66. The first-order valence-electron chi connectivity index (χ1n) is 16.9. The first-order chi connectivity index (χ1) is 25.0. The number of benzene rings is 7. The quantitative estimate of drug-likeness (QED) is 0.157. The van der Waals surface area contributed by atoms with E-state index < -0.39 is 14.3 Å². The van der Waals surface area contributed by atoms with Gasteiger partial charge in [-0.05, 0) is 66.0 Å². The molecule has 9 rings (SSSR count). The third-order valence-corrected chi connectivity index (χ3v) is 16.0. The van der Waals surface area contributed by atoms with E-state index in [0.717, 1.165) is 70.1 Å². The van der Waals surface area contributed by atoms with E-state index in [-0.39, 0.29) is 0 Å². The van der Waals surface area contributed by atoms with Gasteiger partial charge in [-0.3, -0.25) is 4.98 Å². The van der Waals surface area contributed by atoms with E-state index in [2.05, 4.69) is 45.9 Å². The molecule has 51 heavy (non-hydrogen) atoms. The van der Waals surface area contributed by atoms with Crippen molar-refractivity contribution in [1.82, 2.24) is 9.55 Å². The summed E-state index contributed by atoms with van der Waals surface area (Å²) in [5.41, 5.74) is 3.00.